The van der Waals surface area contributed by atoms with Gasteiger partial charge in [0.1, 0.15) is 6.04 Å². The van der Waals surface area contributed by atoms with E-state index in [1.54, 1.807) is 23.1 Å². The van der Waals surface area contributed by atoms with Gasteiger partial charge >= 0.3 is 0 Å². The van der Waals surface area contributed by atoms with Gasteiger partial charge in [-0.05, 0) is 24.1 Å². The van der Waals surface area contributed by atoms with Gasteiger partial charge < -0.3 is 10.0 Å². The largest absolute Gasteiger partial charge is 0.392 e. The fraction of sp³-hybridized carbons (Fsp3) is 0.385. The zero-order valence-electron chi connectivity index (χ0n) is 10.5. The first-order valence-electron chi connectivity index (χ1n) is 6.06. The Balaban J connectivity index is 2.37. The fourth-order valence-corrected chi connectivity index (χ4v) is 2.52. The zero-order valence-corrected chi connectivity index (χ0v) is 11.3. The van der Waals surface area contributed by atoms with Crippen molar-refractivity contribution in [2.75, 3.05) is 11.4 Å². The third-order valence-corrected chi connectivity index (χ3v) is 3.45. The van der Waals surface area contributed by atoms with Crippen molar-refractivity contribution in [2.24, 2.45) is 0 Å². The van der Waals surface area contributed by atoms with Crippen LogP contribution in [0.25, 0.3) is 0 Å². The molecule has 0 saturated carbocycles. The molecule has 0 aliphatic carbocycles. The molecule has 0 aromatic heterocycles. The number of rotatable bonds is 3. The summed E-state index contributed by atoms with van der Waals surface area (Å²) in [4.78, 5) is 25.0. The molecule has 2 amide bonds. The summed E-state index contributed by atoms with van der Waals surface area (Å²) in [5.41, 5.74) is 1.32. The maximum absolute atomic E-state index is 11.8. The Morgan fingerprint density at radius 1 is 1.47 bits per heavy atom. The predicted octanol–water partition coefficient (Wildman–Crippen LogP) is 1.07. The van der Waals surface area contributed by atoms with E-state index in [1.165, 1.54) is 0 Å². The van der Waals surface area contributed by atoms with Crippen LogP contribution < -0.4 is 10.2 Å². The van der Waals surface area contributed by atoms with Gasteiger partial charge in [-0.25, -0.2) is 0 Å². The Morgan fingerprint density at radius 3 is 2.79 bits per heavy atom. The lowest BCUT2D eigenvalue weighted by Crippen LogP contribution is -2.58. The van der Waals surface area contributed by atoms with E-state index in [4.69, 9.17) is 16.7 Å². The molecule has 1 unspecified atom stereocenters. The number of halogens is 1. The molecule has 2 N–H and O–H groups in total. The fourth-order valence-electron chi connectivity index (χ4n) is 2.21. The second-order valence-corrected chi connectivity index (χ2v) is 4.82. The standard InChI is InChI=1S/C13H15ClN2O3/c1-2-10-13(19)15-12(18)6-16(10)11-4-3-8(7-17)5-9(11)14/h3-5,10,17H,2,6-7H2,1H3,(H,15,18,19). The highest BCUT2D eigenvalue weighted by Crippen LogP contribution is 2.30. The average molecular weight is 283 g/mol. The van der Waals surface area contributed by atoms with Crippen LogP contribution in [0, 0.1) is 0 Å². The summed E-state index contributed by atoms with van der Waals surface area (Å²) in [5, 5.41) is 11.8. The van der Waals surface area contributed by atoms with E-state index in [9.17, 15) is 9.59 Å². The summed E-state index contributed by atoms with van der Waals surface area (Å²) in [6, 6.07) is 4.68. The SMILES string of the molecule is CCC1C(=O)NC(=O)CN1c1ccc(CO)cc1Cl. The Bertz CT molecular complexity index is 519. The summed E-state index contributed by atoms with van der Waals surface area (Å²) in [5.74, 6) is -0.641. The van der Waals surface area contributed by atoms with Gasteiger partial charge in [0.15, 0.2) is 0 Å². The second-order valence-electron chi connectivity index (χ2n) is 4.41. The summed E-state index contributed by atoms with van der Waals surface area (Å²) in [6.07, 6.45) is 0.581. The number of amides is 2. The number of benzene rings is 1. The molecule has 19 heavy (non-hydrogen) atoms. The highest BCUT2D eigenvalue weighted by atomic mass is 35.5. The van der Waals surface area contributed by atoms with Crippen LogP contribution in [0.2, 0.25) is 5.02 Å². The number of hydrogen-bond donors (Lipinski definition) is 2. The quantitative estimate of drug-likeness (QED) is 0.814. The van der Waals surface area contributed by atoms with Crippen molar-refractivity contribution < 1.29 is 14.7 Å². The van der Waals surface area contributed by atoms with Gasteiger partial charge in [0.2, 0.25) is 11.8 Å². The molecule has 1 aliphatic rings. The number of imide groups is 1. The molecule has 1 heterocycles. The van der Waals surface area contributed by atoms with Crippen molar-refractivity contribution >= 4 is 29.1 Å². The van der Waals surface area contributed by atoms with Gasteiger partial charge in [-0.2, -0.15) is 0 Å². The van der Waals surface area contributed by atoms with Crippen LogP contribution in [0.5, 0.6) is 0 Å². The third kappa shape index (κ3) is 2.72. The van der Waals surface area contributed by atoms with Crippen molar-refractivity contribution in [1.82, 2.24) is 5.32 Å². The first-order valence-corrected chi connectivity index (χ1v) is 6.44. The zero-order chi connectivity index (χ0) is 14.0. The number of anilines is 1. The van der Waals surface area contributed by atoms with E-state index in [2.05, 4.69) is 5.32 Å². The summed E-state index contributed by atoms with van der Waals surface area (Å²) >= 11 is 6.16. The van der Waals surface area contributed by atoms with Gasteiger partial charge in [-0.1, -0.05) is 24.6 Å². The number of piperazine rings is 1. The van der Waals surface area contributed by atoms with Crippen LogP contribution >= 0.6 is 11.6 Å². The molecule has 0 bridgehead atoms. The van der Waals surface area contributed by atoms with Crippen molar-refractivity contribution in [2.45, 2.75) is 26.0 Å². The number of aliphatic hydroxyl groups is 1. The summed E-state index contributed by atoms with van der Waals surface area (Å²) < 4.78 is 0. The molecule has 0 spiro atoms. The Labute approximate surface area is 116 Å². The highest BCUT2D eigenvalue weighted by molar-refractivity contribution is 6.33. The predicted molar refractivity (Wildman–Crippen MR) is 71.9 cm³/mol. The van der Waals surface area contributed by atoms with Gasteiger partial charge in [-0.15, -0.1) is 0 Å². The minimum absolute atomic E-state index is 0.0996. The molecule has 2 rings (SSSR count). The van der Waals surface area contributed by atoms with E-state index < -0.39 is 6.04 Å². The lowest BCUT2D eigenvalue weighted by molar-refractivity contribution is -0.132. The topological polar surface area (TPSA) is 69.6 Å². The van der Waals surface area contributed by atoms with E-state index in [0.717, 1.165) is 0 Å². The molecule has 0 radical (unpaired) electrons. The Kier molecular flexibility index (Phi) is 4.07. The molecule has 6 heteroatoms. The molecular weight excluding hydrogens is 268 g/mol. The molecule has 1 aromatic rings. The molecule has 1 saturated heterocycles. The highest BCUT2D eigenvalue weighted by Gasteiger charge is 2.33. The van der Waals surface area contributed by atoms with Crippen molar-refractivity contribution in [3.63, 3.8) is 0 Å². The van der Waals surface area contributed by atoms with Crippen LogP contribution in [0.4, 0.5) is 5.69 Å². The Morgan fingerprint density at radius 2 is 2.21 bits per heavy atom. The maximum atomic E-state index is 11.8. The molecule has 1 aromatic carbocycles. The number of nitrogens with one attached hydrogen (secondary N) is 1. The lowest BCUT2D eigenvalue weighted by atomic mass is 10.1. The molecule has 102 valence electrons. The van der Waals surface area contributed by atoms with Crippen LogP contribution in [0.1, 0.15) is 18.9 Å². The second kappa shape index (κ2) is 5.59. The van der Waals surface area contributed by atoms with Crippen LogP contribution in [-0.4, -0.2) is 29.5 Å². The minimum atomic E-state index is -0.407. The molecule has 1 fully saturated rings. The normalized spacial score (nSPS) is 19.5. The van der Waals surface area contributed by atoms with E-state index in [-0.39, 0.29) is 25.0 Å². The summed E-state index contributed by atoms with van der Waals surface area (Å²) in [7, 11) is 0. The molecule has 1 aliphatic heterocycles. The monoisotopic (exact) mass is 282 g/mol. The lowest BCUT2D eigenvalue weighted by Gasteiger charge is -2.35. The van der Waals surface area contributed by atoms with Gasteiger partial charge in [0, 0.05) is 0 Å². The van der Waals surface area contributed by atoms with Gasteiger partial charge in [0.25, 0.3) is 0 Å². The Hall–Kier alpha value is -1.59. The first-order chi connectivity index (χ1) is 9.06. The molecule has 5 nitrogen and oxygen atoms in total. The van der Waals surface area contributed by atoms with Crippen LogP contribution in [0.3, 0.4) is 0 Å². The van der Waals surface area contributed by atoms with Crippen molar-refractivity contribution in [3.8, 4) is 0 Å². The van der Waals surface area contributed by atoms with Gasteiger partial charge in [-0.3, -0.25) is 14.9 Å². The minimum Gasteiger partial charge on any atom is -0.392 e. The van der Waals surface area contributed by atoms with Crippen molar-refractivity contribution in [3.05, 3.63) is 28.8 Å². The number of nitrogens with zero attached hydrogens (tertiary/aromatic N) is 1. The van der Waals surface area contributed by atoms with Crippen molar-refractivity contribution in [1.29, 1.82) is 0 Å². The molecule has 1 atom stereocenters. The maximum Gasteiger partial charge on any atom is 0.249 e. The summed E-state index contributed by atoms with van der Waals surface area (Å²) in [6.45, 7) is 1.88. The van der Waals surface area contributed by atoms with E-state index >= 15 is 0 Å². The number of carbonyl (C=O) groups excluding carboxylic acids is 2. The van der Waals surface area contributed by atoms with Gasteiger partial charge in [0.05, 0.1) is 23.9 Å². The number of hydrogen-bond acceptors (Lipinski definition) is 4. The third-order valence-electron chi connectivity index (χ3n) is 3.15. The first kappa shape index (κ1) is 13.8. The van der Waals surface area contributed by atoms with Crippen LogP contribution in [0.15, 0.2) is 18.2 Å². The average Bonchev–Trinajstić information content (AvgIpc) is 2.37. The number of aliphatic hydroxyl groups excluding tert-OH is 1. The van der Waals surface area contributed by atoms with E-state index in [0.29, 0.717) is 22.7 Å². The smallest absolute Gasteiger partial charge is 0.249 e. The van der Waals surface area contributed by atoms with E-state index in [1.807, 2.05) is 6.92 Å². The van der Waals surface area contributed by atoms with Crippen LogP contribution in [-0.2, 0) is 16.2 Å². The number of carbonyl (C=O) groups is 2. The molecular formula is C13H15ClN2O3.